The van der Waals surface area contributed by atoms with Gasteiger partial charge in [0.15, 0.2) is 0 Å². The van der Waals surface area contributed by atoms with E-state index in [1.165, 1.54) is 6.26 Å². The van der Waals surface area contributed by atoms with E-state index in [-0.39, 0.29) is 12.0 Å². The first kappa shape index (κ1) is 21.1. The SMILES string of the molecule is Cc1ccc(NC(=O)c2cccc(OC(C)C)c2)cc1N(c1ccncc1)c1ncco1. The number of carbonyl (C=O) groups is 1. The highest BCUT2D eigenvalue weighted by Crippen LogP contribution is 2.36. The predicted octanol–water partition coefficient (Wildman–Crippen LogP) is 5.89. The van der Waals surface area contributed by atoms with Gasteiger partial charge in [0.2, 0.25) is 0 Å². The summed E-state index contributed by atoms with van der Waals surface area (Å²) < 4.78 is 11.3. The van der Waals surface area contributed by atoms with Gasteiger partial charge in [0.25, 0.3) is 5.91 Å². The quantitative estimate of drug-likeness (QED) is 0.395. The van der Waals surface area contributed by atoms with Crippen LogP contribution in [-0.2, 0) is 0 Å². The molecular weight excluding hydrogens is 404 g/mol. The molecule has 0 radical (unpaired) electrons. The molecule has 2 heterocycles. The second-order valence-electron chi connectivity index (χ2n) is 7.51. The van der Waals surface area contributed by atoms with Crippen molar-refractivity contribution in [1.29, 1.82) is 0 Å². The van der Waals surface area contributed by atoms with E-state index in [0.29, 0.717) is 23.0 Å². The fourth-order valence-electron chi connectivity index (χ4n) is 3.29. The molecule has 162 valence electrons. The van der Waals surface area contributed by atoms with Crippen LogP contribution in [0.5, 0.6) is 5.75 Å². The highest BCUT2D eigenvalue weighted by molar-refractivity contribution is 6.04. The third-order valence-corrected chi connectivity index (χ3v) is 4.71. The number of ether oxygens (including phenoxy) is 1. The zero-order chi connectivity index (χ0) is 22.5. The zero-order valence-electron chi connectivity index (χ0n) is 18.1. The lowest BCUT2D eigenvalue weighted by Crippen LogP contribution is -2.15. The Balaban J connectivity index is 1.65. The maximum absolute atomic E-state index is 12.9. The van der Waals surface area contributed by atoms with E-state index in [4.69, 9.17) is 9.15 Å². The van der Waals surface area contributed by atoms with Crippen LogP contribution < -0.4 is 15.0 Å². The fourth-order valence-corrected chi connectivity index (χ4v) is 3.29. The lowest BCUT2D eigenvalue weighted by molar-refractivity contribution is 0.102. The first-order chi connectivity index (χ1) is 15.5. The van der Waals surface area contributed by atoms with Crippen molar-refractivity contribution < 1.29 is 13.9 Å². The van der Waals surface area contributed by atoms with Crippen molar-refractivity contribution in [2.75, 3.05) is 10.2 Å². The van der Waals surface area contributed by atoms with Crippen molar-refractivity contribution >= 4 is 29.0 Å². The smallest absolute Gasteiger partial charge is 0.306 e. The van der Waals surface area contributed by atoms with Gasteiger partial charge >= 0.3 is 6.01 Å². The molecule has 0 saturated heterocycles. The third kappa shape index (κ3) is 4.78. The summed E-state index contributed by atoms with van der Waals surface area (Å²) >= 11 is 0. The van der Waals surface area contributed by atoms with Crippen LogP contribution in [0.1, 0.15) is 29.8 Å². The average molecular weight is 428 g/mol. The van der Waals surface area contributed by atoms with Crippen molar-refractivity contribution in [3.63, 3.8) is 0 Å². The summed E-state index contributed by atoms with van der Waals surface area (Å²) in [5.74, 6) is 0.436. The number of nitrogens with one attached hydrogen (secondary N) is 1. The molecule has 2 aromatic carbocycles. The van der Waals surface area contributed by atoms with Gasteiger partial charge in [0.1, 0.15) is 12.0 Å². The molecule has 0 atom stereocenters. The molecule has 1 amide bonds. The first-order valence-electron chi connectivity index (χ1n) is 10.3. The summed E-state index contributed by atoms with van der Waals surface area (Å²) in [6.45, 7) is 5.89. The number of aryl methyl sites for hydroxylation is 1. The fraction of sp³-hybridized carbons (Fsp3) is 0.160. The molecular formula is C25H24N4O3. The Morgan fingerprint density at radius 3 is 2.59 bits per heavy atom. The van der Waals surface area contributed by atoms with Crippen molar-refractivity contribution in [3.8, 4) is 5.75 Å². The Morgan fingerprint density at radius 2 is 1.88 bits per heavy atom. The Kier molecular flexibility index (Phi) is 6.17. The second kappa shape index (κ2) is 9.34. The maximum atomic E-state index is 12.9. The number of hydrogen-bond donors (Lipinski definition) is 1. The topological polar surface area (TPSA) is 80.5 Å². The van der Waals surface area contributed by atoms with Crippen LogP contribution in [0.15, 0.2) is 83.9 Å². The molecule has 4 aromatic rings. The highest BCUT2D eigenvalue weighted by Gasteiger charge is 2.19. The number of pyridine rings is 1. The zero-order valence-corrected chi connectivity index (χ0v) is 18.1. The maximum Gasteiger partial charge on any atom is 0.306 e. The summed E-state index contributed by atoms with van der Waals surface area (Å²) in [4.78, 5) is 23.2. The standard InChI is InChI=1S/C25H24N4O3/c1-17(2)32-22-6-4-5-19(15-22)24(30)28-20-8-7-18(3)23(16-20)29(25-27-13-14-31-25)21-9-11-26-12-10-21/h4-17H,1-3H3,(H,28,30). The Morgan fingerprint density at radius 1 is 1.06 bits per heavy atom. The van der Waals surface area contributed by atoms with E-state index in [1.807, 2.05) is 62.1 Å². The van der Waals surface area contributed by atoms with Crippen molar-refractivity contribution in [2.45, 2.75) is 26.9 Å². The molecule has 1 N–H and O–H groups in total. The largest absolute Gasteiger partial charge is 0.491 e. The molecule has 0 aliphatic heterocycles. The van der Waals surface area contributed by atoms with Crippen molar-refractivity contribution in [2.24, 2.45) is 0 Å². The summed E-state index contributed by atoms with van der Waals surface area (Å²) in [5, 5.41) is 2.97. The van der Waals surface area contributed by atoms with Gasteiger partial charge in [-0.1, -0.05) is 12.1 Å². The number of oxazole rings is 1. The normalized spacial score (nSPS) is 10.8. The second-order valence-corrected chi connectivity index (χ2v) is 7.51. The number of nitrogens with zero attached hydrogens (tertiary/aromatic N) is 3. The molecule has 0 fully saturated rings. The molecule has 4 rings (SSSR count). The van der Waals surface area contributed by atoms with Crippen LogP contribution >= 0.6 is 0 Å². The van der Waals surface area contributed by atoms with Crippen LogP contribution in [0.2, 0.25) is 0 Å². The van der Waals surface area contributed by atoms with Crippen molar-refractivity contribution in [3.05, 3.63) is 90.6 Å². The van der Waals surface area contributed by atoms with Crippen LogP contribution in [0, 0.1) is 6.92 Å². The van der Waals surface area contributed by atoms with E-state index >= 15 is 0 Å². The van der Waals surface area contributed by atoms with Gasteiger partial charge in [-0.15, -0.1) is 0 Å². The number of amides is 1. The number of benzene rings is 2. The first-order valence-corrected chi connectivity index (χ1v) is 10.3. The van der Waals surface area contributed by atoms with Gasteiger partial charge < -0.3 is 14.5 Å². The minimum atomic E-state index is -0.222. The average Bonchev–Trinajstić information content (AvgIpc) is 3.31. The molecule has 0 unspecified atom stereocenters. The predicted molar refractivity (Wildman–Crippen MR) is 124 cm³/mol. The van der Waals surface area contributed by atoms with E-state index in [9.17, 15) is 4.79 Å². The van der Waals surface area contributed by atoms with Gasteiger partial charge in [0.05, 0.1) is 23.7 Å². The lowest BCUT2D eigenvalue weighted by atomic mass is 10.1. The number of hydrogen-bond acceptors (Lipinski definition) is 6. The molecule has 0 aliphatic rings. The van der Waals surface area contributed by atoms with E-state index in [2.05, 4.69) is 15.3 Å². The molecule has 7 nitrogen and oxygen atoms in total. The van der Waals surface area contributed by atoms with E-state index in [1.54, 1.807) is 36.8 Å². The lowest BCUT2D eigenvalue weighted by Gasteiger charge is -2.23. The molecule has 32 heavy (non-hydrogen) atoms. The van der Waals surface area contributed by atoms with Crippen molar-refractivity contribution in [1.82, 2.24) is 9.97 Å². The summed E-state index contributed by atoms with van der Waals surface area (Å²) in [7, 11) is 0. The van der Waals surface area contributed by atoms with Crippen LogP contribution in [0.3, 0.4) is 0 Å². The number of rotatable bonds is 7. The van der Waals surface area contributed by atoms with E-state index in [0.717, 1.165) is 16.9 Å². The summed E-state index contributed by atoms with van der Waals surface area (Å²) in [5.41, 5.74) is 3.83. The Hall–Kier alpha value is -4.13. The van der Waals surface area contributed by atoms with Crippen LogP contribution in [0.25, 0.3) is 0 Å². The Labute approximate surface area is 186 Å². The minimum absolute atomic E-state index is 0.0300. The molecule has 7 heteroatoms. The number of aromatic nitrogens is 2. The van der Waals surface area contributed by atoms with Gasteiger partial charge in [-0.3, -0.25) is 14.7 Å². The Bertz CT molecular complexity index is 1190. The van der Waals surface area contributed by atoms with E-state index < -0.39 is 0 Å². The summed E-state index contributed by atoms with van der Waals surface area (Å²) in [6.07, 6.45) is 6.56. The van der Waals surface area contributed by atoms with Gasteiger partial charge in [0, 0.05) is 23.6 Å². The highest BCUT2D eigenvalue weighted by atomic mass is 16.5. The molecule has 0 bridgehead atoms. The third-order valence-electron chi connectivity index (χ3n) is 4.71. The van der Waals surface area contributed by atoms with Gasteiger partial charge in [-0.05, 0) is 68.8 Å². The molecule has 0 aliphatic carbocycles. The van der Waals surface area contributed by atoms with Crippen LogP contribution in [0.4, 0.5) is 23.1 Å². The molecule has 0 saturated carbocycles. The van der Waals surface area contributed by atoms with Crippen LogP contribution in [-0.4, -0.2) is 22.0 Å². The molecule has 2 aromatic heterocycles. The minimum Gasteiger partial charge on any atom is -0.491 e. The number of anilines is 4. The monoisotopic (exact) mass is 428 g/mol. The molecule has 0 spiro atoms. The van der Waals surface area contributed by atoms with Gasteiger partial charge in [-0.25, -0.2) is 4.98 Å². The summed E-state index contributed by atoms with van der Waals surface area (Å²) in [6, 6.07) is 17.0. The number of carbonyl (C=O) groups excluding carboxylic acids is 1. The van der Waals surface area contributed by atoms with Gasteiger partial charge in [-0.2, -0.15) is 0 Å².